The van der Waals surface area contributed by atoms with E-state index in [0.717, 1.165) is 5.69 Å². The van der Waals surface area contributed by atoms with Crippen LogP contribution >= 0.6 is 0 Å². The van der Waals surface area contributed by atoms with Gasteiger partial charge in [0.05, 0.1) is 5.69 Å². The highest BCUT2D eigenvalue weighted by Crippen LogP contribution is 2.18. The summed E-state index contributed by atoms with van der Waals surface area (Å²) in [7, 11) is 1.82. The van der Waals surface area contributed by atoms with Crippen molar-refractivity contribution in [2.45, 2.75) is 6.42 Å². The number of hydrogen-bond acceptors (Lipinski definition) is 4. The van der Waals surface area contributed by atoms with Gasteiger partial charge in [0.2, 0.25) is 0 Å². The van der Waals surface area contributed by atoms with Gasteiger partial charge in [0.1, 0.15) is 0 Å². The van der Waals surface area contributed by atoms with Crippen LogP contribution in [0.3, 0.4) is 0 Å². The van der Waals surface area contributed by atoms with Crippen molar-refractivity contribution in [1.82, 2.24) is 4.31 Å². The molecule has 0 saturated carbocycles. The van der Waals surface area contributed by atoms with Gasteiger partial charge in [-0.15, -0.1) is 0 Å². The van der Waals surface area contributed by atoms with Crippen LogP contribution in [-0.4, -0.2) is 47.0 Å². The van der Waals surface area contributed by atoms with Crippen molar-refractivity contribution in [3.63, 3.8) is 0 Å². The average molecular weight is 286 g/mol. The molecule has 0 heterocycles. The van der Waals surface area contributed by atoms with E-state index in [1.807, 2.05) is 31.1 Å². The first-order valence-corrected chi connectivity index (χ1v) is 7.52. The standard InChI is InChI=1S/C12H22N4O2S/c1-15(2)12-7-4-6-11(10-12)14-19(17,18)16(3)9-5-8-13/h4,6-7,10,14H,5,8-9,13H2,1-3H3. The molecule has 1 aromatic rings. The molecule has 1 aromatic carbocycles. The molecule has 0 atom stereocenters. The van der Waals surface area contributed by atoms with E-state index in [1.165, 1.54) is 11.4 Å². The first-order valence-electron chi connectivity index (χ1n) is 6.08. The maximum Gasteiger partial charge on any atom is 0.301 e. The summed E-state index contributed by atoms with van der Waals surface area (Å²) in [6.45, 7) is 0.870. The molecule has 108 valence electrons. The highest BCUT2D eigenvalue weighted by atomic mass is 32.2. The summed E-state index contributed by atoms with van der Waals surface area (Å²) in [5.74, 6) is 0. The molecule has 0 unspecified atom stereocenters. The lowest BCUT2D eigenvalue weighted by atomic mass is 10.3. The molecule has 0 amide bonds. The maximum atomic E-state index is 12.0. The van der Waals surface area contributed by atoms with E-state index in [-0.39, 0.29) is 0 Å². The Morgan fingerprint density at radius 3 is 2.53 bits per heavy atom. The van der Waals surface area contributed by atoms with Gasteiger partial charge < -0.3 is 10.6 Å². The molecule has 0 aliphatic carbocycles. The van der Waals surface area contributed by atoms with Crippen molar-refractivity contribution in [2.75, 3.05) is 43.9 Å². The Balaban J connectivity index is 2.80. The van der Waals surface area contributed by atoms with E-state index in [1.54, 1.807) is 12.1 Å². The molecule has 7 heteroatoms. The molecule has 0 spiro atoms. The normalized spacial score (nSPS) is 11.6. The lowest BCUT2D eigenvalue weighted by Crippen LogP contribution is -2.34. The molecular weight excluding hydrogens is 264 g/mol. The summed E-state index contributed by atoms with van der Waals surface area (Å²) in [5, 5.41) is 0. The summed E-state index contributed by atoms with van der Waals surface area (Å²) in [6, 6.07) is 7.23. The predicted octanol–water partition coefficient (Wildman–Crippen LogP) is 0.690. The summed E-state index contributed by atoms with van der Waals surface area (Å²) < 4.78 is 27.9. The van der Waals surface area contributed by atoms with Gasteiger partial charge in [0.15, 0.2) is 0 Å². The van der Waals surface area contributed by atoms with Crippen LogP contribution in [0.25, 0.3) is 0 Å². The third kappa shape index (κ3) is 4.70. The van der Waals surface area contributed by atoms with Gasteiger partial charge in [0.25, 0.3) is 0 Å². The fourth-order valence-corrected chi connectivity index (χ4v) is 2.46. The van der Waals surface area contributed by atoms with Crippen molar-refractivity contribution in [1.29, 1.82) is 0 Å². The lowest BCUT2D eigenvalue weighted by Gasteiger charge is -2.19. The Bertz CT molecular complexity index is 502. The Morgan fingerprint density at radius 2 is 1.95 bits per heavy atom. The Hall–Kier alpha value is -1.31. The number of benzene rings is 1. The first-order chi connectivity index (χ1) is 8.86. The largest absolute Gasteiger partial charge is 0.378 e. The molecule has 0 radical (unpaired) electrons. The molecular formula is C12H22N4O2S. The van der Waals surface area contributed by atoms with Crippen LogP contribution in [0.4, 0.5) is 11.4 Å². The van der Waals surface area contributed by atoms with Gasteiger partial charge in [-0.05, 0) is 31.2 Å². The average Bonchev–Trinajstić information content (AvgIpc) is 2.35. The second kappa shape index (κ2) is 6.74. The molecule has 0 aliphatic heterocycles. The third-order valence-electron chi connectivity index (χ3n) is 2.70. The SMILES string of the molecule is CN(C)c1cccc(NS(=O)(=O)N(C)CCCN)c1. The van der Waals surface area contributed by atoms with Crippen LogP contribution in [0.5, 0.6) is 0 Å². The van der Waals surface area contributed by atoms with E-state index >= 15 is 0 Å². The lowest BCUT2D eigenvalue weighted by molar-refractivity contribution is 0.468. The molecule has 6 nitrogen and oxygen atoms in total. The Morgan fingerprint density at radius 1 is 1.26 bits per heavy atom. The van der Waals surface area contributed by atoms with Gasteiger partial charge >= 0.3 is 10.2 Å². The van der Waals surface area contributed by atoms with Gasteiger partial charge in [-0.1, -0.05) is 6.07 Å². The second-order valence-corrected chi connectivity index (χ2v) is 6.29. The van der Waals surface area contributed by atoms with Crippen molar-refractivity contribution >= 4 is 21.6 Å². The van der Waals surface area contributed by atoms with Crippen molar-refractivity contribution in [3.8, 4) is 0 Å². The Kier molecular flexibility index (Phi) is 5.59. The van der Waals surface area contributed by atoms with Crippen molar-refractivity contribution in [3.05, 3.63) is 24.3 Å². The fourth-order valence-electron chi connectivity index (χ4n) is 1.51. The molecule has 0 bridgehead atoms. The summed E-state index contributed by atoms with van der Waals surface area (Å²) in [5.41, 5.74) is 6.86. The number of hydrogen-bond donors (Lipinski definition) is 2. The van der Waals surface area contributed by atoms with Crippen molar-refractivity contribution < 1.29 is 8.42 Å². The minimum atomic E-state index is -3.52. The van der Waals surface area contributed by atoms with Gasteiger partial charge in [-0.3, -0.25) is 4.72 Å². The molecule has 0 saturated heterocycles. The van der Waals surface area contributed by atoms with Crippen LogP contribution in [0.2, 0.25) is 0 Å². The molecule has 0 fully saturated rings. The quantitative estimate of drug-likeness (QED) is 0.773. The van der Waals surface area contributed by atoms with Crippen LogP contribution in [0.15, 0.2) is 24.3 Å². The zero-order valence-corrected chi connectivity index (χ0v) is 12.4. The van der Waals surface area contributed by atoms with Crippen LogP contribution < -0.4 is 15.4 Å². The number of nitrogens with two attached hydrogens (primary N) is 1. The van der Waals surface area contributed by atoms with Gasteiger partial charge in [0, 0.05) is 33.4 Å². The van der Waals surface area contributed by atoms with Gasteiger partial charge in [-0.2, -0.15) is 12.7 Å². The Labute approximate surface area is 115 Å². The topological polar surface area (TPSA) is 78.7 Å². The summed E-state index contributed by atoms with van der Waals surface area (Å²) in [4.78, 5) is 1.91. The minimum Gasteiger partial charge on any atom is -0.378 e. The predicted molar refractivity (Wildman–Crippen MR) is 79.6 cm³/mol. The minimum absolute atomic E-state index is 0.402. The summed E-state index contributed by atoms with van der Waals surface area (Å²) in [6.07, 6.45) is 0.634. The van der Waals surface area contributed by atoms with E-state index in [9.17, 15) is 8.42 Å². The van der Waals surface area contributed by atoms with E-state index in [0.29, 0.717) is 25.2 Å². The number of nitrogens with zero attached hydrogens (tertiary/aromatic N) is 2. The molecule has 3 N–H and O–H groups in total. The maximum absolute atomic E-state index is 12.0. The highest BCUT2D eigenvalue weighted by Gasteiger charge is 2.16. The fraction of sp³-hybridized carbons (Fsp3) is 0.500. The molecule has 0 aliphatic rings. The first kappa shape index (κ1) is 15.7. The molecule has 0 aromatic heterocycles. The van der Waals surface area contributed by atoms with Crippen LogP contribution in [0.1, 0.15) is 6.42 Å². The smallest absolute Gasteiger partial charge is 0.301 e. The van der Waals surface area contributed by atoms with Crippen molar-refractivity contribution in [2.24, 2.45) is 5.73 Å². The van der Waals surface area contributed by atoms with E-state index < -0.39 is 10.2 Å². The number of nitrogens with one attached hydrogen (secondary N) is 1. The number of anilines is 2. The third-order valence-corrected chi connectivity index (χ3v) is 4.19. The molecule has 19 heavy (non-hydrogen) atoms. The van der Waals surface area contributed by atoms with Gasteiger partial charge in [-0.25, -0.2) is 0 Å². The second-order valence-electron chi connectivity index (χ2n) is 4.52. The highest BCUT2D eigenvalue weighted by molar-refractivity contribution is 7.90. The summed E-state index contributed by atoms with van der Waals surface area (Å²) >= 11 is 0. The van der Waals surface area contributed by atoms with E-state index in [4.69, 9.17) is 5.73 Å². The van der Waals surface area contributed by atoms with Crippen LogP contribution in [-0.2, 0) is 10.2 Å². The van der Waals surface area contributed by atoms with E-state index in [2.05, 4.69) is 4.72 Å². The number of rotatable bonds is 7. The zero-order chi connectivity index (χ0) is 14.5. The van der Waals surface area contributed by atoms with Crippen LogP contribution in [0, 0.1) is 0 Å². The molecule has 1 rings (SSSR count). The zero-order valence-electron chi connectivity index (χ0n) is 11.6. The monoisotopic (exact) mass is 286 g/mol.